The molecule has 0 saturated carbocycles. The predicted octanol–water partition coefficient (Wildman–Crippen LogP) is 4.66. The molecule has 33 heavy (non-hydrogen) atoms. The third-order valence-electron chi connectivity index (χ3n) is 6.73. The van der Waals surface area contributed by atoms with E-state index < -0.39 is 12.1 Å². The van der Waals surface area contributed by atoms with Crippen molar-refractivity contribution in [2.45, 2.75) is 25.0 Å². The second-order valence-electron chi connectivity index (χ2n) is 8.56. The van der Waals surface area contributed by atoms with Crippen LogP contribution in [0.4, 0.5) is 4.79 Å². The van der Waals surface area contributed by atoms with Crippen molar-refractivity contribution in [3.8, 4) is 5.75 Å². The van der Waals surface area contributed by atoms with Gasteiger partial charge in [0.05, 0.1) is 13.7 Å². The average Bonchev–Trinajstić information content (AvgIpc) is 3.34. The third kappa shape index (κ3) is 3.02. The number of para-hydroxylation sites is 1. The van der Waals surface area contributed by atoms with Crippen LogP contribution in [0.1, 0.15) is 28.4 Å². The van der Waals surface area contributed by atoms with Crippen molar-refractivity contribution in [3.05, 3.63) is 101 Å². The number of aromatic nitrogens is 1. The highest BCUT2D eigenvalue weighted by molar-refractivity contribution is 6.05. The fraction of sp³-hybridized carbons (Fsp3) is 0.185. The monoisotopic (exact) mass is 437 g/mol. The van der Waals surface area contributed by atoms with E-state index in [0.29, 0.717) is 12.2 Å². The van der Waals surface area contributed by atoms with Crippen molar-refractivity contribution in [2.75, 3.05) is 7.11 Å². The molecule has 3 heterocycles. The number of urea groups is 1. The van der Waals surface area contributed by atoms with Gasteiger partial charge < -0.3 is 9.72 Å². The molecule has 3 aromatic carbocycles. The van der Waals surface area contributed by atoms with E-state index in [1.165, 1.54) is 4.90 Å². The standard InChI is InChI=1S/C27H23N3O3/c1-33-19-11-7-10-18(14-19)25-24-21(20-12-5-6-13-22(20)28-24)15-23-26(31)29(27(32)30(23)25)16-17-8-3-2-4-9-17/h2-14,23,25,28H,15-16H2,1H3/t23-,25-/m0/s1. The third-order valence-corrected chi connectivity index (χ3v) is 6.73. The quantitative estimate of drug-likeness (QED) is 0.473. The first-order valence-corrected chi connectivity index (χ1v) is 11.1. The molecular weight excluding hydrogens is 414 g/mol. The number of imide groups is 1. The number of methoxy groups -OCH3 is 1. The zero-order valence-electron chi connectivity index (χ0n) is 18.2. The molecule has 4 aromatic rings. The predicted molar refractivity (Wildman–Crippen MR) is 125 cm³/mol. The summed E-state index contributed by atoms with van der Waals surface area (Å²) in [5.74, 6) is 0.569. The Hall–Kier alpha value is -4.06. The van der Waals surface area contributed by atoms with Crippen LogP contribution in [0.25, 0.3) is 10.9 Å². The summed E-state index contributed by atoms with van der Waals surface area (Å²) in [5, 5.41) is 1.10. The van der Waals surface area contributed by atoms with Gasteiger partial charge in [-0.2, -0.15) is 0 Å². The van der Waals surface area contributed by atoms with E-state index in [1.807, 2.05) is 72.8 Å². The van der Waals surface area contributed by atoms with Crippen LogP contribution in [0.15, 0.2) is 78.9 Å². The van der Waals surface area contributed by atoms with Gasteiger partial charge in [-0.25, -0.2) is 4.79 Å². The highest BCUT2D eigenvalue weighted by Crippen LogP contribution is 2.44. The minimum atomic E-state index is -0.538. The Kier molecular flexibility index (Phi) is 4.47. The van der Waals surface area contributed by atoms with Gasteiger partial charge in [-0.05, 0) is 34.9 Å². The number of hydrogen-bond acceptors (Lipinski definition) is 3. The smallest absolute Gasteiger partial charge is 0.328 e. The summed E-state index contributed by atoms with van der Waals surface area (Å²) < 4.78 is 5.46. The van der Waals surface area contributed by atoms with Gasteiger partial charge in [0.2, 0.25) is 0 Å². The number of nitrogens with one attached hydrogen (secondary N) is 1. The molecule has 0 spiro atoms. The molecule has 1 aromatic heterocycles. The number of H-pyrrole nitrogens is 1. The molecule has 2 atom stereocenters. The fourth-order valence-electron chi connectivity index (χ4n) is 5.20. The number of benzene rings is 3. The van der Waals surface area contributed by atoms with Crippen LogP contribution in [-0.4, -0.2) is 39.9 Å². The van der Waals surface area contributed by atoms with E-state index in [0.717, 1.165) is 33.3 Å². The molecule has 2 aliphatic heterocycles. The zero-order chi connectivity index (χ0) is 22.5. The van der Waals surface area contributed by atoms with Crippen LogP contribution in [0.3, 0.4) is 0 Å². The number of fused-ring (bicyclic) bond motifs is 4. The number of aromatic amines is 1. The molecule has 6 rings (SSSR count). The van der Waals surface area contributed by atoms with Crippen molar-refractivity contribution in [1.29, 1.82) is 0 Å². The van der Waals surface area contributed by atoms with Gasteiger partial charge in [0.1, 0.15) is 17.8 Å². The van der Waals surface area contributed by atoms with Gasteiger partial charge in [-0.1, -0.05) is 60.7 Å². The Morgan fingerprint density at radius 1 is 0.970 bits per heavy atom. The van der Waals surface area contributed by atoms with E-state index in [9.17, 15) is 9.59 Å². The van der Waals surface area contributed by atoms with Crippen LogP contribution in [-0.2, 0) is 17.8 Å². The summed E-state index contributed by atoms with van der Waals surface area (Å²) in [6, 6.07) is 24.3. The van der Waals surface area contributed by atoms with Crippen molar-refractivity contribution >= 4 is 22.8 Å². The van der Waals surface area contributed by atoms with E-state index in [1.54, 1.807) is 12.0 Å². The molecule has 6 nitrogen and oxygen atoms in total. The van der Waals surface area contributed by atoms with Crippen molar-refractivity contribution in [2.24, 2.45) is 0 Å². The van der Waals surface area contributed by atoms with Gasteiger partial charge in [-0.3, -0.25) is 14.6 Å². The van der Waals surface area contributed by atoms with Gasteiger partial charge in [0.15, 0.2) is 0 Å². The lowest BCUT2D eigenvalue weighted by molar-refractivity contribution is -0.129. The maximum Gasteiger partial charge on any atom is 0.328 e. The molecule has 0 bridgehead atoms. The van der Waals surface area contributed by atoms with Gasteiger partial charge in [-0.15, -0.1) is 0 Å². The fourth-order valence-corrected chi connectivity index (χ4v) is 5.20. The average molecular weight is 437 g/mol. The molecule has 2 aliphatic rings. The van der Waals surface area contributed by atoms with Crippen molar-refractivity contribution in [3.63, 3.8) is 0 Å². The van der Waals surface area contributed by atoms with Crippen LogP contribution in [0, 0.1) is 0 Å². The summed E-state index contributed by atoms with van der Waals surface area (Å²) >= 11 is 0. The Morgan fingerprint density at radius 2 is 1.76 bits per heavy atom. The van der Waals surface area contributed by atoms with Gasteiger partial charge >= 0.3 is 6.03 Å². The molecule has 1 saturated heterocycles. The first kappa shape index (κ1) is 19.6. The number of carbonyl (C=O) groups is 2. The number of ether oxygens (including phenoxy) is 1. The summed E-state index contributed by atoms with van der Waals surface area (Å²) in [6.45, 7) is 0.269. The summed E-state index contributed by atoms with van der Waals surface area (Å²) in [6.07, 6.45) is 0.496. The maximum absolute atomic E-state index is 13.7. The number of nitrogens with zero attached hydrogens (tertiary/aromatic N) is 2. The van der Waals surface area contributed by atoms with E-state index in [4.69, 9.17) is 4.74 Å². The largest absolute Gasteiger partial charge is 0.497 e. The van der Waals surface area contributed by atoms with Crippen LogP contribution < -0.4 is 4.74 Å². The first-order chi connectivity index (χ1) is 16.2. The van der Waals surface area contributed by atoms with Crippen molar-refractivity contribution in [1.82, 2.24) is 14.8 Å². The molecule has 0 aliphatic carbocycles. The topological polar surface area (TPSA) is 65.6 Å². The molecule has 0 radical (unpaired) electrons. The van der Waals surface area contributed by atoms with E-state index in [2.05, 4.69) is 11.1 Å². The summed E-state index contributed by atoms with van der Waals surface area (Å²) in [5.41, 5.74) is 4.92. The summed E-state index contributed by atoms with van der Waals surface area (Å²) in [4.78, 5) is 33.9. The normalized spacial score (nSPS) is 19.7. The Balaban J connectivity index is 1.49. The zero-order valence-corrected chi connectivity index (χ0v) is 18.2. The Morgan fingerprint density at radius 3 is 2.58 bits per heavy atom. The summed E-state index contributed by atoms with van der Waals surface area (Å²) in [7, 11) is 1.63. The Labute approximate surface area is 191 Å². The number of amides is 3. The number of rotatable bonds is 4. The number of carbonyl (C=O) groups excluding carboxylic acids is 2. The lowest BCUT2D eigenvalue weighted by Crippen LogP contribution is -2.44. The number of hydrogen-bond donors (Lipinski definition) is 1. The molecule has 164 valence electrons. The molecule has 6 heteroatoms. The van der Waals surface area contributed by atoms with Crippen LogP contribution >= 0.6 is 0 Å². The molecule has 0 unspecified atom stereocenters. The molecule has 1 fully saturated rings. The van der Waals surface area contributed by atoms with Gasteiger partial charge in [0, 0.05) is 23.0 Å². The lowest BCUT2D eigenvalue weighted by atomic mass is 9.89. The highest BCUT2D eigenvalue weighted by atomic mass is 16.5. The van der Waals surface area contributed by atoms with E-state index >= 15 is 0 Å². The van der Waals surface area contributed by atoms with Crippen molar-refractivity contribution < 1.29 is 14.3 Å². The first-order valence-electron chi connectivity index (χ1n) is 11.1. The second kappa shape index (κ2) is 7.52. The molecule has 1 N–H and O–H groups in total. The van der Waals surface area contributed by atoms with Crippen LogP contribution in [0.5, 0.6) is 5.75 Å². The molecular formula is C27H23N3O3. The molecule has 3 amide bonds. The SMILES string of the molecule is COc1cccc([C@H]2c3[nH]c4ccccc4c3C[C@H]3C(=O)N(Cc4ccccc4)C(=O)N23)c1. The van der Waals surface area contributed by atoms with E-state index in [-0.39, 0.29) is 18.5 Å². The second-order valence-corrected chi connectivity index (χ2v) is 8.56. The lowest BCUT2D eigenvalue weighted by Gasteiger charge is -2.36. The Bertz CT molecular complexity index is 1380. The minimum absolute atomic E-state index is 0.146. The van der Waals surface area contributed by atoms with Gasteiger partial charge in [0.25, 0.3) is 5.91 Å². The highest BCUT2D eigenvalue weighted by Gasteiger charge is 2.52. The maximum atomic E-state index is 13.7. The minimum Gasteiger partial charge on any atom is -0.497 e. The van der Waals surface area contributed by atoms with Crippen LogP contribution in [0.2, 0.25) is 0 Å².